The summed E-state index contributed by atoms with van der Waals surface area (Å²) in [5, 5.41) is 0. The van der Waals surface area contributed by atoms with E-state index in [1.54, 1.807) is 0 Å². The van der Waals surface area contributed by atoms with Crippen molar-refractivity contribution in [2.75, 3.05) is 0 Å². The zero-order valence-corrected chi connectivity index (χ0v) is 9.05. The zero-order chi connectivity index (χ0) is 8.08. The first-order valence-corrected chi connectivity index (χ1v) is 3.84. The van der Waals surface area contributed by atoms with Crippen LogP contribution in [0.15, 0.2) is 0 Å². The van der Waals surface area contributed by atoms with Crippen molar-refractivity contribution in [2.45, 2.75) is 0 Å². The minimum absolute atomic E-state index is 0. The summed E-state index contributed by atoms with van der Waals surface area (Å²) in [6.45, 7) is 0. The Morgan fingerprint density at radius 3 is 1.00 bits per heavy atom. The Labute approximate surface area is 85.8 Å². The van der Waals surface area contributed by atoms with E-state index in [1.165, 1.54) is 0 Å². The minimum Gasteiger partial charge on any atom is -0.759 e. The van der Waals surface area contributed by atoms with Crippen molar-refractivity contribution in [1.82, 2.24) is 0 Å². The van der Waals surface area contributed by atoms with Gasteiger partial charge in [0, 0.05) is 19.6 Å². The van der Waals surface area contributed by atoms with Crippen LogP contribution >= 0.6 is 0 Å². The van der Waals surface area contributed by atoms with Crippen LogP contribution in [0.5, 0.6) is 0 Å². The molecule has 7 nitrogen and oxygen atoms in total. The summed E-state index contributed by atoms with van der Waals surface area (Å²) < 4.78 is 42.6. The molecule has 0 spiro atoms. The maximum Gasteiger partial charge on any atom is 3.00 e. The Morgan fingerprint density at radius 1 is 1.00 bits per heavy atom. The fourth-order valence-corrected chi connectivity index (χ4v) is 0. The molecule has 0 atom stereocenters. The maximum atomic E-state index is 8.52. The van der Waals surface area contributed by atoms with Gasteiger partial charge in [-0.2, -0.15) is 0 Å². The van der Waals surface area contributed by atoms with Gasteiger partial charge in [-0.05, 0) is 0 Å². The molecule has 0 saturated heterocycles. The number of hydrogen-bond donors (Lipinski definition) is 0. The normalized spacial score (nSPS) is 7.45. The smallest absolute Gasteiger partial charge is 0.759 e. The molecule has 0 aromatic rings. The predicted octanol–water partition coefficient (Wildman–Crippen LogP) is -4.98. The Bertz CT molecular complexity index is 159. The van der Waals surface area contributed by atoms with Crippen molar-refractivity contribution in [1.29, 1.82) is 0 Å². The Morgan fingerprint density at radius 2 is 1.00 bits per heavy atom. The molecule has 56 valence electrons. The van der Waals surface area contributed by atoms with E-state index in [4.69, 9.17) is 31.6 Å². The van der Waals surface area contributed by atoms with Gasteiger partial charge in [-0.25, -0.2) is 0 Å². The molecule has 0 rings (SSSR count). The van der Waals surface area contributed by atoms with E-state index in [0.29, 0.717) is 0 Å². The van der Waals surface area contributed by atoms with Crippen LogP contribution in [0.2, 0.25) is 0 Å². The Hall–Kier alpha value is 0.552. The van der Waals surface area contributed by atoms with Crippen LogP contribution in [0.4, 0.5) is 0 Å². The second-order valence-corrected chi connectivity index (χ2v) is 1.97. The molecular weight excluding hydrogens is 226 g/mol. The minimum atomic E-state index is -5.17. The first kappa shape index (κ1) is 22.6. The second kappa shape index (κ2) is 10.6. The molecule has 0 saturated carbocycles. The largest absolute Gasteiger partial charge is 3.00 e. The van der Waals surface area contributed by atoms with E-state index < -0.39 is 19.6 Å². The predicted molar refractivity (Wildman–Crippen MR) is 28.4 cm³/mol. The molecule has 0 aliphatic heterocycles. The molecular formula is Al2O7SSi+2. The molecule has 0 aliphatic rings. The monoisotopic (exact) mass is 226 g/mol. The molecule has 0 unspecified atom stereocenters. The van der Waals surface area contributed by atoms with Gasteiger partial charge in [0.15, 0.2) is 0 Å². The van der Waals surface area contributed by atoms with E-state index in [9.17, 15) is 0 Å². The summed E-state index contributed by atoms with van der Waals surface area (Å²) in [5.74, 6) is 0. The van der Waals surface area contributed by atoms with E-state index in [-0.39, 0.29) is 34.7 Å². The van der Waals surface area contributed by atoms with Crippen LogP contribution in [0.3, 0.4) is 0 Å². The average molecular weight is 226 g/mol. The van der Waals surface area contributed by atoms with Gasteiger partial charge in [-0.1, -0.05) is 0 Å². The molecule has 0 fully saturated rings. The zero-order valence-electron chi connectivity index (χ0n) is 4.92. The van der Waals surface area contributed by atoms with E-state index in [2.05, 4.69) is 0 Å². The summed E-state index contributed by atoms with van der Waals surface area (Å²) in [6.07, 6.45) is 0. The summed E-state index contributed by atoms with van der Waals surface area (Å²) in [5.41, 5.74) is 0. The van der Waals surface area contributed by atoms with Gasteiger partial charge in [-0.15, -0.1) is 0 Å². The van der Waals surface area contributed by atoms with E-state index in [1.807, 2.05) is 0 Å². The molecule has 11 heteroatoms. The Balaban J connectivity index is -0.0000000383. The molecule has 0 aliphatic carbocycles. The molecule has 11 heavy (non-hydrogen) atoms. The standard InChI is InChI=1S/2Al.H2O4S.O3Si/c;;1-5(2,3)4;1-4(2)3/h;;(H2,1,2,3,4);/q2*+3;;-2/p-2. The second-order valence-electron chi connectivity index (χ2n) is 0.658. The molecule has 0 aromatic carbocycles. The van der Waals surface area contributed by atoms with Crippen LogP contribution in [0.25, 0.3) is 0 Å². The van der Waals surface area contributed by atoms with E-state index >= 15 is 0 Å². The molecule has 0 aromatic heterocycles. The molecule has 0 bridgehead atoms. The van der Waals surface area contributed by atoms with Gasteiger partial charge < -0.3 is 23.2 Å². The van der Waals surface area contributed by atoms with Gasteiger partial charge >= 0.3 is 34.7 Å². The van der Waals surface area contributed by atoms with Crippen molar-refractivity contribution in [3.05, 3.63) is 0 Å². The van der Waals surface area contributed by atoms with Crippen molar-refractivity contribution < 1.29 is 31.6 Å². The van der Waals surface area contributed by atoms with Crippen LogP contribution in [0, 0.1) is 0 Å². The maximum absolute atomic E-state index is 8.52. The fraction of sp³-hybridized carbons (Fsp3) is 0. The van der Waals surface area contributed by atoms with Gasteiger partial charge in [0.2, 0.25) is 0 Å². The van der Waals surface area contributed by atoms with Gasteiger partial charge in [0.05, 0.1) is 0 Å². The Kier molecular flexibility index (Phi) is 21.6. The van der Waals surface area contributed by atoms with Crippen molar-refractivity contribution in [3.8, 4) is 0 Å². The SMILES string of the molecule is O=S(=O)([O-])[O-].O=[Si]([O-])[O-].[Al+3].[Al+3]. The van der Waals surface area contributed by atoms with Crippen LogP contribution < -0.4 is 9.59 Å². The average Bonchev–Trinajstić information content (AvgIpc) is 1.19. The summed E-state index contributed by atoms with van der Waals surface area (Å²) >= 11 is 0. The summed E-state index contributed by atoms with van der Waals surface area (Å²) in [7, 11) is -8.80. The molecule has 0 amide bonds. The molecule has 0 N–H and O–H groups in total. The van der Waals surface area contributed by atoms with Gasteiger partial charge in [0.25, 0.3) is 0 Å². The van der Waals surface area contributed by atoms with Gasteiger partial charge in [-0.3, -0.25) is 8.42 Å². The molecule has 0 radical (unpaired) electrons. The third-order valence-corrected chi connectivity index (χ3v) is 0. The van der Waals surface area contributed by atoms with Crippen LogP contribution in [0.1, 0.15) is 0 Å². The quantitative estimate of drug-likeness (QED) is 0.228. The van der Waals surface area contributed by atoms with Crippen LogP contribution in [-0.4, -0.2) is 61.4 Å². The number of rotatable bonds is 0. The van der Waals surface area contributed by atoms with Crippen molar-refractivity contribution in [2.24, 2.45) is 0 Å². The first-order valence-electron chi connectivity index (χ1n) is 1.28. The fourth-order valence-electron chi connectivity index (χ4n) is 0. The summed E-state index contributed by atoms with van der Waals surface area (Å²) in [4.78, 5) is 17.0. The third kappa shape index (κ3) is 2530. The van der Waals surface area contributed by atoms with Crippen LogP contribution in [-0.2, 0) is 14.9 Å². The first-order chi connectivity index (χ1) is 3.73. The van der Waals surface area contributed by atoms with E-state index in [0.717, 1.165) is 0 Å². The van der Waals surface area contributed by atoms with Crippen molar-refractivity contribution in [3.63, 3.8) is 0 Å². The number of hydrogen-bond acceptors (Lipinski definition) is 7. The summed E-state index contributed by atoms with van der Waals surface area (Å²) in [6, 6.07) is 0. The van der Waals surface area contributed by atoms with Gasteiger partial charge in [0.1, 0.15) is 0 Å². The van der Waals surface area contributed by atoms with Crippen molar-refractivity contribution >= 4 is 54.3 Å². The molecule has 0 heterocycles. The third-order valence-electron chi connectivity index (χ3n) is 0. The topological polar surface area (TPSA) is 143 Å².